The summed E-state index contributed by atoms with van der Waals surface area (Å²) in [5.41, 5.74) is 0. The maximum absolute atomic E-state index is 11.4. The zero-order valence-corrected chi connectivity index (χ0v) is 11.5. The number of nitrogens with one attached hydrogen (secondary N) is 2. The van der Waals surface area contributed by atoms with E-state index < -0.39 is 5.97 Å². The molecule has 0 unspecified atom stereocenters. The molecule has 0 bridgehead atoms. The number of likely N-dealkylation sites (tertiary alicyclic amines) is 1. The molecule has 110 valence electrons. The number of nitrogens with zero attached hydrogens (tertiary/aromatic N) is 1. The van der Waals surface area contributed by atoms with E-state index in [9.17, 15) is 9.59 Å². The molecule has 1 aliphatic heterocycles. The minimum absolute atomic E-state index is 0.160. The Labute approximate surface area is 114 Å². The number of carbonyl (C=O) groups is 2. The Morgan fingerprint density at radius 3 is 2.37 bits per heavy atom. The van der Waals surface area contributed by atoms with Crippen LogP contribution in [0, 0.1) is 0 Å². The number of carboxylic acids is 1. The largest absolute Gasteiger partial charge is 0.481 e. The maximum Gasteiger partial charge on any atom is 0.314 e. The molecule has 19 heavy (non-hydrogen) atoms. The van der Waals surface area contributed by atoms with Crippen LogP contribution in [0.3, 0.4) is 0 Å². The van der Waals surface area contributed by atoms with Crippen molar-refractivity contribution in [1.29, 1.82) is 0 Å². The van der Waals surface area contributed by atoms with Crippen molar-refractivity contribution < 1.29 is 14.7 Å². The molecule has 1 saturated heterocycles. The molecule has 0 aromatic heterocycles. The summed E-state index contributed by atoms with van der Waals surface area (Å²) in [4.78, 5) is 24.1. The summed E-state index contributed by atoms with van der Waals surface area (Å²) in [6.07, 6.45) is 5.31. The van der Waals surface area contributed by atoms with Gasteiger partial charge in [0.1, 0.15) is 0 Å². The molecule has 6 heteroatoms. The van der Waals surface area contributed by atoms with E-state index >= 15 is 0 Å². The molecule has 0 aliphatic carbocycles. The van der Waals surface area contributed by atoms with Crippen molar-refractivity contribution in [2.45, 2.75) is 38.5 Å². The van der Waals surface area contributed by atoms with Gasteiger partial charge in [0.2, 0.25) is 0 Å². The lowest BCUT2D eigenvalue weighted by atomic mass is 10.1. The van der Waals surface area contributed by atoms with Gasteiger partial charge in [0.05, 0.1) is 0 Å². The van der Waals surface area contributed by atoms with Crippen LogP contribution in [0.25, 0.3) is 0 Å². The maximum atomic E-state index is 11.4. The Morgan fingerprint density at radius 2 is 1.68 bits per heavy atom. The fourth-order valence-corrected chi connectivity index (χ4v) is 2.18. The highest BCUT2D eigenvalue weighted by atomic mass is 16.4. The predicted octanol–water partition coefficient (Wildman–Crippen LogP) is 1.03. The fraction of sp³-hybridized carbons (Fsp3) is 0.846. The minimum atomic E-state index is -0.786. The first kappa shape index (κ1) is 15.8. The normalized spacial score (nSPS) is 16.0. The van der Waals surface area contributed by atoms with Gasteiger partial charge in [-0.05, 0) is 38.8 Å². The lowest BCUT2D eigenvalue weighted by Crippen LogP contribution is -2.41. The summed E-state index contributed by atoms with van der Waals surface area (Å²) in [6.45, 7) is 4.38. The molecule has 0 radical (unpaired) electrons. The zero-order valence-electron chi connectivity index (χ0n) is 11.5. The molecule has 1 heterocycles. The van der Waals surface area contributed by atoms with E-state index in [-0.39, 0.29) is 12.5 Å². The Balaban J connectivity index is 1.91. The lowest BCUT2D eigenvalue weighted by Gasteiger charge is -2.26. The Hall–Kier alpha value is -1.30. The van der Waals surface area contributed by atoms with Crippen molar-refractivity contribution in [3.05, 3.63) is 0 Å². The van der Waals surface area contributed by atoms with Crippen molar-refractivity contribution in [1.82, 2.24) is 15.5 Å². The summed E-state index contributed by atoms with van der Waals surface area (Å²) in [7, 11) is 0. The highest BCUT2D eigenvalue weighted by molar-refractivity contribution is 5.73. The highest BCUT2D eigenvalue weighted by Gasteiger charge is 2.09. The second kappa shape index (κ2) is 9.61. The number of carbonyl (C=O) groups excluding carboxylic acids is 1. The molecule has 0 spiro atoms. The SMILES string of the molecule is O=C(O)CCCCNC(=O)NCCN1CCCCC1. The van der Waals surface area contributed by atoms with E-state index in [2.05, 4.69) is 15.5 Å². The molecule has 0 aromatic rings. The van der Waals surface area contributed by atoms with Gasteiger partial charge in [-0.3, -0.25) is 4.79 Å². The van der Waals surface area contributed by atoms with Gasteiger partial charge in [-0.1, -0.05) is 6.42 Å². The summed E-state index contributed by atoms with van der Waals surface area (Å²) < 4.78 is 0. The second-order valence-electron chi connectivity index (χ2n) is 4.94. The average Bonchev–Trinajstić information content (AvgIpc) is 2.39. The van der Waals surface area contributed by atoms with Crippen LogP contribution < -0.4 is 10.6 Å². The van der Waals surface area contributed by atoms with Gasteiger partial charge in [-0.2, -0.15) is 0 Å². The third kappa shape index (κ3) is 8.42. The molecule has 2 amide bonds. The number of hydrogen-bond acceptors (Lipinski definition) is 3. The number of unbranched alkanes of at least 4 members (excludes halogenated alkanes) is 1. The van der Waals surface area contributed by atoms with Gasteiger partial charge in [-0.15, -0.1) is 0 Å². The molecule has 0 saturated carbocycles. The van der Waals surface area contributed by atoms with Crippen LogP contribution in [0.15, 0.2) is 0 Å². The standard InChI is InChI=1S/C13H25N3O3/c17-12(18)6-2-3-7-14-13(19)15-8-11-16-9-4-1-5-10-16/h1-11H2,(H,17,18)(H2,14,15,19). The van der Waals surface area contributed by atoms with Crippen LogP contribution in [0.4, 0.5) is 4.79 Å². The topological polar surface area (TPSA) is 81.7 Å². The van der Waals surface area contributed by atoms with Crippen molar-refractivity contribution in [2.24, 2.45) is 0 Å². The number of urea groups is 1. The Kier molecular flexibility index (Phi) is 7.97. The van der Waals surface area contributed by atoms with Crippen LogP contribution in [0.1, 0.15) is 38.5 Å². The fourth-order valence-electron chi connectivity index (χ4n) is 2.18. The van der Waals surface area contributed by atoms with Crippen LogP contribution in [-0.2, 0) is 4.79 Å². The van der Waals surface area contributed by atoms with Crippen LogP contribution in [0.5, 0.6) is 0 Å². The van der Waals surface area contributed by atoms with Gasteiger partial charge in [0, 0.05) is 26.1 Å². The van der Waals surface area contributed by atoms with Crippen LogP contribution in [0.2, 0.25) is 0 Å². The van der Waals surface area contributed by atoms with Gasteiger partial charge >= 0.3 is 12.0 Å². The first-order valence-electron chi connectivity index (χ1n) is 7.14. The van der Waals surface area contributed by atoms with Crippen molar-refractivity contribution in [3.8, 4) is 0 Å². The Morgan fingerprint density at radius 1 is 1.00 bits per heavy atom. The predicted molar refractivity (Wildman–Crippen MR) is 73.2 cm³/mol. The molecular formula is C13H25N3O3. The molecule has 0 aromatic carbocycles. The van der Waals surface area contributed by atoms with Gasteiger partial charge in [0.25, 0.3) is 0 Å². The third-order valence-electron chi connectivity index (χ3n) is 3.27. The van der Waals surface area contributed by atoms with Crippen molar-refractivity contribution in [2.75, 3.05) is 32.7 Å². The number of amides is 2. The summed E-state index contributed by atoms with van der Waals surface area (Å²) in [5, 5.41) is 14.0. The van der Waals surface area contributed by atoms with E-state index in [1.807, 2.05) is 0 Å². The quantitative estimate of drug-likeness (QED) is 0.576. The van der Waals surface area contributed by atoms with Gasteiger partial charge < -0.3 is 20.6 Å². The summed E-state index contributed by atoms with van der Waals surface area (Å²) in [6, 6.07) is -0.160. The van der Waals surface area contributed by atoms with Gasteiger partial charge in [0.15, 0.2) is 0 Å². The van der Waals surface area contributed by atoms with E-state index in [0.717, 1.165) is 19.6 Å². The first-order valence-corrected chi connectivity index (χ1v) is 7.14. The van der Waals surface area contributed by atoms with Crippen molar-refractivity contribution >= 4 is 12.0 Å². The number of carboxylic acid groups (broad SMARTS) is 1. The van der Waals surface area contributed by atoms with E-state index in [4.69, 9.17) is 5.11 Å². The summed E-state index contributed by atoms with van der Waals surface area (Å²) in [5.74, 6) is -0.786. The molecular weight excluding hydrogens is 246 g/mol. The third-order valence-corrected chi connectivity index (χ3v) is 3.27. The number of rotatable bonds is 8. The van der Waals surface area contributed by atoms with E-state index in [1.165, 1.54) is 19.3 Å². The molecule has 1 fully saturated rings. The second-order valence-corrected chi connectivity index (χ2v) is 4.94. The summed E-state index contributed by atoms with van der Waals surface area (Å²) >= 11 is 0. The lowest BCUT2D eigenvalue weighted by molar-refractivity contribution is -0.137. The number of aliphatic carboxylic acids is 1. The molecule has 1 rings (SSSR count). The first-order chi connectivity index (χ1) is 9.18. The van der Waals surface area contributed by atoms with E-state index in [1.54, 1.807) is 0 Å². The molecule has 1 aliphatic rings. The molecule has 3 N–H and O–H groups in total. The zero-order chi connectivity index (χ0) is 13.9. The minimum Gasteiger partial charge on any atom is -0.481 e. The van der Waals surface area contributed by atoms with E-state index in [0.29, 0.717) is 25.9 Å². The van der Waals surface area contributed by atoms with Crippen LogP contribution in [-0.4, -0.2) is 54.7 Å². The monoisotopic (exact) mass is 271 g/mol. The smallest absolute Gasteiger partial charge is 0.314 e. The van der Waals surface area contributed by atoms with Crippen LogP contribution >= 0.6 is 0 Å². The molecule has 6 nitrogen and oxygen atoms in total. The van der Waals surface area contributed by atoms with Gasteiger partial charge in [-0.25, -0.2) is 4.79 Å². The average molecular weight is 271 g/mol. The number of piperidine rings is 1. The van der Waals surface area contributed by atoms with Crippen molar-refractivity contribution in [3.63, 3.8) is 0 Å². The highest BCUT2D eigenvalue weighted by Crippen LogP contribution is 2.07. The Bertz CT molecular complexity index is 278. The number of hydrogen-bond donors (Lipinski definition) is 3. The molecule has 0 atom stereocenters.